The molecule has 4 aromatic rings. The van der Waals surface area contributed by atoms with Crippen molar-refractivity contribution >= 4 is 10.9 Å². The Hall–Kier alpha value is -2.84. The first-order valence-electron chi connectivity index (χ1n) is 11.9. The summed E-state index contributed by atoms with van der Waals surface area (Å²) in [6, 6.07) is 27.7. The number of fused-ring (bicyclic) bond motifs is 3. The predicted octanol–water partition coefficient (Wildman–Crippen LogP) is 5.48. The van der Waals surface area contributed by atoms with Gasteiger partial charge in [0.15, 0.2) is 0 Å². The van der Waals surface area contributed by atoms with Crippen LogP contribution in [0.3, 0.4) is 0 Å². The fraction of sp³-hybridized carbons (Fsp3) is 0.310. The van der Waals surface area contributed by atoms with Crippen LogP contribution in [0.25, 0.3) is 22.0 Å². The first-order chi connectivity index (χ1) is 15.3. The van der Waals surface area contributed by atoms with Gasteiger partial charge in [0.2, 0.25) is 0 Å². The highest BCUT2D eigenvalue weighted by Gasteiger charge is 2.36. The summed E-state index contributed by atoms with van der Waals surface area (Å²) >= 11 is 0. The Morgan fingerprint density at radius 1 is 0.903 bits per heavy atom. The molecule has 0 saturated carbocycles. The van der Waals surface area contributed by atoms with E-state index in [4.69, 9.17) is 0 Å². The maximum Gasteiger partial charge on any atom is 0.129 e. The topological polar surface area (TPSA) is 9.37 Å². The number of nitrogens with one attached hydrogen (secondary N) is 1. The van der Waals surface area contributed by atoms with Crippen LogP contribution in [0.1, 0.15) is 47.7 Å². The smallest absolute Gasteiger partial charge is 0.129 e. The monoisotopic (exact) mass is 407 g/mol. The van der Waals surface area contributed by atoms with E-state index in [1.165, 1.54) is 71.9 Å². The second-order valence-electron chi connectivity index (χ2n) is 9.48. The maximum atomic E-state index is 2.68. The second-order valence-corrected chi connectivity index (χ2v) is 9.48. The third-order valence-corrected chi connectivity index (χ3v) is 7.48. The van der Waals surface area contributed by atoms with E-state index in [1.807, 2.05) is 0 Å². The van der Waals surface area contributed by atoms with Gasteiger partial charge in [-0.05, 0) is 48.6 Å². The predicted molar refractivity (Wildman–Crippen MR) is 128 cm³/mol. The van der Waals surface area contributed by atoms with Gasteiger partial charge in [-0.15, -0.1) is 0 Å². The SMILES string of the molecule is Cc1ccc2c(c1)c1c3n2CCC[NH+](Cc2ccc(-c4ccccc4)cc2)[C@H]3CCC1. The van der Waals surface area contributed by atoms with Crippen molar-refractivity contribution in [2.75, 3.05) is 6.54 Å². The lowest BCUT2D eigenvalue weighted by atomic mass is 9.90. The van der Waals surface area contributed by atoms with E-state index < -0.39 is 0 Å². The first kappa shape index (κ1) is 18.9. The minimum absolute atomic E-state index is 0.632. The maximum absolute atomic E-state index is 2.68. The molecule has 1 N–H and O–H groups in total. The number of aryl methyl sites for hydroxylation is 3. The van der Waals surface area contributed by atoms with E-state index in [0.717, 1.165) is 6.54 Å². The van der Waals surface area contributed by atoms with Crippen LogP contribution in [0.2, 0.25) is 0 Å². The molecular formula is C29H31N2+. The minimum atomic E-state index is 0.632. The van der Waals surface area contributed by atoms with Gasteiger partial charge in [0, 0.05) is 35.9 Å². The van der Waals surface area contributed by atoms with Gasteiger partial charge in [0.05, 0.1) is 12.2 Å². The van der Waals surface area contributed by atoms with E-state index >= 15 is 0 Å². The summed E-state index contributed by atoms with van der Waals surface area (Å²) in [5.74, 6) is 0. The third kappa shape index (κ3) is 3.30. The Morgan fingerprint density at radius 2 is 1.71 bits per heavy atom. The summed E-state index contributed by atoms with van der Waals surface area (Å²) in [6.45, 7) is 5.78. The van der Waals surface area contributed by atoms with Gasteiger partial charge in [0.1, 0.15) is 12.6 Å². The van der Waals surface area contributed by atoms with Crippen LogP contribution in [0.15, 0.2) is 72.8 Å². The lowest BCUT2D eigenvalue weighted by Crippen LogP contribution is -3.11. The van der Waals surface area contributed by atoms with E-state index in [-0.39, 0.29) is 0 Å². The van der Waals surface area contributed by atoms with Crippen LogP contribution < -0.4 is 4.90 Å². The van der Waals surface area contributed by atoms with Crippen LogP contribution in [0, 0.1) is 6.92 Å². The lowest BCUT2D eigenvalue weighted by molar-refractivity contribution is -0.945. The number of quaternary nitrogens is 1. The molecule has 1 aliphatic carbocycles. The number of rotatable bonds is 3. The molecule has 0 bridgehead atoms. The third-order valence-electron chi connectivity index (χ3n) is 7.48. The molecular weight excluding hydrogens is 376 g/mol. The van der Waals surface area contributed by atoms with E-state index in [2.05, 4.69) is 84.3 Å². The summed E-state index contributed by atoms with van der Waals surface area (Å²) in [6.07, 6.45) is 5.15. The molecule has 0 fully saturated rings. The number of hydrogen-bond donors (Lipinski definition) is 1. The molecule has 2 heteroatoms. The molecule has 31 heavy (non-hydrogen) atoms. The summed E-state index contributed by atoms with van der Waals surface area (Å²) in [4.78, 5) is 1.76. The zero-order valence-electron chi connectivity index (χ0n) is 18.4. The molecule has 0 radical (unpaired) electrons. The van der Waals surface area contributed by atoms with E-state index in [0.29, 0.717) is 6.04 Å². The van der Waals surface area contributed by atoms with Crippen molar-refractivity contribution in [3.05, 3.63) is 95.2 Å². The van der Waals surface area contributed by atoms with E-state index in [1.54, 1.807) is 16.2 Å². The molecule has 2 nitrogen and oxygen atoms in total. The average Bonchev–Trinajstić information content (AvgIpc) is 3.00. The highest BCUT2D eigenvalue weighted by Crippen LogP contribution is 2.37. The molecule has 2 aliphatic rings. The largest absolute Gasteiger partial charge is 0.339 e. The number of aromatic nitrogens is 1. The van der Waals surface area contributed by atoms with Gasteiger partial charge < -0.3 is 9.47 Å². The molecule has 1 aromatic heterocycles. The van der Waals surface area contributed by atoms with Gasteiger partial charge in [0.25, 0.3) is 0 Å². The number of nitrogens with zero attached hydrogens (tertiary/aromatic N) is 1. The van der Waals surface area contributed by atoms with Crippen molar-refractivity contribution in [3.8, 4) is 11.1 Å². The minimum Gasteiger partial charge on any atom is -0.339 e. The van der Waals surface area contributed by atoms with Crippen LogP contribution >= 0.6 is 0 Å². The van der Waals surface area contributed by atoms with E-state index in [9.17, 15) is 0 Å². The van der Waals surface area contributed by atoms with Crippen LogP contribution in [-0.4, -0.2) is 11.1 Å². The van der Waals surface area contributed by atoms with Crippen molar-refractivity contribution in [3.63, 3.8) is 0 Å². The fourth-order valence-electron chi connectivity index (χ4n) is 6.03. The second kappa shape index (κ2) is 7.69. The molecule has 2 atom stereocenters. The fourth-order valence-corrected chi connectivity index (χ4v) is 6.03. The Labute approximate surface area is 185 Å². The Bertz CT molecular complexity index is 1210. The molecule has 6 rings (SSSR count). The van der Waals surface area contributed by atoms with Crippen molar-refractivity contribution in [1.82, 2.24) is 4.57 Å². The molecule has 1 unspecified atom stereocenters. The van der Waals surface area contributed by atoms with Crippen molar-refractivity contribution < 1.29 is 4.90 Å². The van der Waals surface area contributed by atoms with Crippen molar-refractivity contribution in [2.45, 2.75) is 51.7 Å². The van der Waals surface area contributed by atoms with Crippen molar-refractivity contribution in [1.29, 1.82) is 0 Å². The molecule has 156 valence electrons. The molecule has 0 amide bonds. The highest BCUT2D eigenvalue weighted by molar-refractivity contribution is 5.86. The average molecular weight is 408 g/mol. The molecule has 1 aliphatic heterocycles. The Morgan fingerprint density at radius 3 is 2.55 bits per heavy atom. The zero-order valence-corrected chi connectivity index (χ0v) is 18.4. The summed E-state index contributed by atoms with van der Waals surface area (Å²) in [5.41, 5.74) is 10.2. The molecule has 3 aromatic carbocycles. The summed E-state index contributed by atoms with van der Waals surface area (Å²) in [5, 5.41) is 1.52. The van der Waals surface area contributed by atoms with Crippen LogP contribution in [-0.2, 0) is 19.5 Å². The van der Waals surface area contributed by atoms with Gasteiger partial charge in [-0.1, -0.05) is 66.2 Å². The molecule has 0 saturated heterocycles. The van der Waals surface area contributed by atoms with Gasteiger partial charge in [-0.2, -0.15) is 0 Å². The van der Waals surface area contributed by atoms with Crippen LogP contribution in [0.4, 0.5) is 0 Å². The zero-order chi connectivity index (χ0) is 20.8. The Kier molecular flexibility index (Phi) is 4.69. The lowest BCUT2D eigenvalue weighted by Gasteiger charge is -2.31. The summed E-state index contributed by atoms with van der Waals surface area (Å²) < 4.78 is 2.68. The molecule has 2 heterocycles. The molecule has 0 spiro atoms. The van der Waals surface area contributed by atoms with Crippen molar-refractivity contribution in [2.24, 2.45) is 0 Å². The quantitative estimate of drug-likeness (QED) is 0.460. The summed E-state index contributed by atoms with van der Waals surface area (Å²) in [7, 11) is 0. The Balaban J connectivity index is 1.33. The highest BCUT2D eigenvalue weighted by atomic mass is 15.2. The first-order valence-corrected chi connectivity index (χ1v) is 11.9. The number of benzene rings is 3. The standard InChI is InChI=1S/C29H30N2/c1-21-11-16-27-26(19-21)25-9-5-10-28-29(25)31(27)18-6-17-30(28)20-22-12-14-24(15-13-22)23-7-3-2-4-8-23/h2-4,7-8,11-16,19,28H,5-6,9-10,17-18,20H2,1H3/p+1/t28-/m0/s1. The van der Waals surface area contributed by atoms with Crippen LogP contribution in [0.5, 0.6) is 0 Å². The van der Waals surface area contributed by atoms with Gasteiger partial charge >= 0.3 is 0 Å². The number of hydrogen-bond acceptors (Lipinski definition) is 0. The van der Waals surface area contributed by atoms with Gasteiger partial charge in [-0.25, -0.2) is 0 Å². The van der Waals surface area contributed by atoms with Gasteiger partial charge in [-0.3, -0.25) is 0 Å². The normalized spacial score (nSPS) is 20.4.